The van der Waals surface area contributed by atoms with Crippen LogP contribution in [0.25, 0.3) is 0 Å². The SMILES string of the molecule is C[Si]N([Si]C)[Si](C)(C)N(C)C. The topological polar surface area (TPSA) is 6.48 Å². The lowest BCUT2D eigenvalue weighted by molar-refractivity contribution is 0.586. The predicted octanol–water partition coefficient (Wildman–Crippen LogP) is 0.886. The van der Waals surface area contributed by atoms with Crippen LogP contribution in [0.5, 0.6) is 0 Å². The van der Waals surface area contributed by atoms with Gasteiger partial charge in [0.25, 0.3) is 0 Å². The van der Waals surface area contributed by atoms with Gasteiger partial charge in [0.2, 0.25) is 0 Å². The summed E-state index contributed by atoms with van der Waals surface area (Å²) in [5.74, 6) is 0. The van der Waals surface area contributed by atoms with E-state index >= 15 is 0 Å². The summed E-state index contributed by atoms with van der Waals surface area (Å²) in [6, 6.07) is 0. The highest BCUT2D eigenvalue weighted by Crippen LogP contribution is 2.09. The van der Waals surface area contributed by atoms with E-state index < -0.39 is 8.40 Å². The van der Waals surface area contributed by atoms with Gasteiger partial charge in [-0.15, -0.1) is 0 Å². The van der Waals surface area contributed by atoms with Crippen LogP contribution in [0.3, 0.4) is 0 Å². The van der Waals surface area contributed by atoms with Crippen molar-refractivity contribution in [2.45, 2.75) is 26.2 Å². The summed E-state index contributed by atoms with van der Waals surface area (Å²) < 4.78 is 5.03. The third-order valence-electron chi connectivity index (χ3n) is 2.09. The standard InChI is InChI=1S/C6H18N2Si3/c1-7(2)11(5,6)8(9-3)10-4/h1-6H3. The third kappa shape index (κ3) is 2.83. The van der Waals surface area contributed by atoms with Gasteiger partial charge in [-0.1, -0.05) is 13.1 Å². The van der Waals surface area contributed by atoms with Crippen molar-refractivity contribution in [2.24, 2.45) is 0 Å². The monoisotopic (exact) mass is 202 g/mol. The molecule has 0 N–H and O–H groups in total. The second-order valence-corrected chi connectivity index (χ2v) is 10.6. The first-order valence-corrected chi connectivity index (χ1v) is 9.58. The summed E-state index contributed by atoms with van der Waals surface area (Å²) in [5, 5.41) is 0. The first kappa shape index (κ1) is 11.6. The smallest absolute Gasteiger partial charge is 0.186 e. The first-order valence-electron chi connectivity index (χ1n) is 3.79. The molecule has 5 heteroatoms. The van der Waals surface area contributed by atoms with E-state index in [1.54, 1.807) is 0 Å². The van der Waals surface area contributed by atoms with Crippen LogP contribution in [0.15, 0.2) is 0 Å². The zero-order chi connectivity index (χ0) is 9.07. The minimum atomic E-state index is -1.22. The molecular weight excluding hydrogens is 184 g/mol. The van der Waals surface area contributed by atoms with E-state index in [1.807, 2.05) is 0 Å². The van der Waals surface area contributed by atoms with Crippen LogP contribution in [0.1, 0.15) is 0 Å². The summed E-state index contributed by atoms with van der Waals surface area (Å²) in [6.45, 7) is 9.35. The Hall–Kier alpha value is 0.571. The van der Waals surface area contributed by atoms with Crippen LogP contribution < -0.4 is 0 Å². The minimum Gasteiger partial charge on any atom is -0.360 e. The molecule has 0 atom stereocenters. The average molecular weight is 202 g/mol. The predicted molar refractivity (Wildman–Crippen MR) is 56.2 cm³/mol. The van der Waals surface area contributed by atoms with E-state index in [0.29, 0.717) is 0 Å². The summed E-state index contributed by atoms with van der Waals surface area (Å²) in [4.78, 5) is 0. The van der Waals surface area contributed by atoms with Crippen molar-refractivity contribution in [2.75, 3.05) is 14.1 Å². The number of hydrogen-bond acceptors (Lipinski definition) is 2. The van der Waals surface area contributed by atoms with Crippen molar-refractivity contribution < 1.29 is 0 Å². The van der Waals surface area contributed by atoms with Crippen LogP contribution in [-0.2, 0) is 0 Å². The summed E-state index contributed by atoms with van der Waals surface area (Å²) in [7, 11) is 5.09. The Balaban J connectivity index is 4.24. The van der Waals surface area contributed by atoms with E-state index in [-0.39, 0.29) is 0 Å². The van der Waals surface area contributed by atoms with Crippen LogP contribution in [0.4, 0.5) is 0 Å². The quantitative estimate of drug-likeness (QED) is 0.625. The molecule has 0 amide bonds. The van der Waals surface area contributed by atoms with Gasteiger partial charge in [-0.2, -0.15) is 0 Å². The molecule has 64 valence electrons. The van der Waals surface area contributed by atoms with Gasteiger partial charge < -0.3 is 8.46 Å². The lowest BCUT2D eigenvalue weighted by Gasteiger charge is -2.40. The highest BCUT2D eigenvalue weighted by atomic mass is 28.4. The molecule has 0 aliphatic heterocycles. The van der Waals surface area contributed by atoms with Gasteiger partial charge in [-0.3, -0.25) is 0 Å². The Bertz CT molecular complexity index is 112. The normalized spacial score (nSPS) is 13.1. The molecule has 11 heavy (non-hydrogen) atoms. The largest absolute Gasteiger partial charge is 0.360 e. The fourth-order valence-electron chi connectivity index (χ4n) is 0.859. The van der Waals surface area contributed by atoms with E-state index in [2.05, 4.69) is 48.7 Å². The van der Waals surface area contributed by atoms with Crippen LogP contribution in [0.2, 0.25) is 26.2 Å². The lowest BCUT2D eigenvalue weighted by Crippen LogP contribution is -2.60. The molecule has 0 heterocycles. The molecule has 0 saturated carbocycles. The maximum absolute atomic E-state index is 2.63. The van der Waals surface area contributed by atoms with Crippen molar-refractivity contribution in [3.63, 3.8) is 0 Å². The third-order valence-corrected chi connectivity index (χ3v) is 12.2. The molecule has 0 aromatic heterocycles. The Morgan fingerprint density at radius 2 is 1.36 bits per heavy atom. The maximum atomic E-state index is 2.63. The number of nitrogens with zero attached hydrogens (tertiary/aromatic N) is 2. The molecule has 0 unspecified atom stereocenters. The molecule has 0 saturated heterocycles. The van der Waals surface area contributed by atoms with Gasteiger partial charge in [0.15, 0.2) is 8.40 Å². The molecule has 4 radical (unpaired) electrons. The Kier molecular flexibility index (Phi) is 4.80. The second-order valence-electron chi connectivity index (χ2n) is 3.17. The summed E-state index contributed by atoms with van der Waals surface area (Å²) in [6.07, 6.45) is 0. The second kappa shape index (κ2) is 4.56. The lowest BCUT2D eigenvalue weighted by atomic mass is 11.3. The van der Waals surface area contributed by atoms with Crippen molar-refractivity contribution in [3.05, 3.63) is 0 Å². The van der Waals surface area contributed by atoms with E-state index in [1.165, 1.54) is 0 Å². The molecule has 0 bridgehead atoms. The van der Waals surface area contributed by atoms with Crippen LogP contribution in [-0.4, -0.2) is 50.3 Å². The molecule has 0 aromatic rings. The fourth-order valence-corrected chi connectivity index (χ4v) is 7.73. The molecule has 0 rings (SSSR count). The van der Waals surface area contributed by atoms with Crippen LogP contribution >= 0.6 is 0 Å². The first-order chi connectivity index (χ1) is 4.96. The summed E-state index contributed by atoms with van der Waals surface area (Å²) in [5.41, 5.74) is 0. The van der Waals surface area contributed by atoms with Gasteiger partial charge in [0.05, 0.1) is 0 Å². The zero-order valence-electron chi connectivity index (χ0n) is 8.39. The Morgan fingerprint density at radius 1 is 1.00 bits per heavy atom. The highest BCUT2D eigenvalue weighted by Gasteiger charge is 2.29. The van der Waals surface area contributed by atoms with E-state index in [4.69, 9.17) is 0 Å². The molecular formula is C6H18N2Si3. The molecule has 0 fully saturated rings. The molecule has 0 aliphatic carbocycles. The van der Waals surface area contributed by atoms with Gasteiger partial charge in [0, 0.05) is 0 Å². The number of rotatable bonds is 4. The molecule has 2 nitrogen and oxygen atoms in total. The van der Waals surface area contributed by atoms with Crippen molar-refractivity contribution in [1.82, 2.24) is 8.46 Å². The van der Waals surface area contributed by atoms with Gasteiger partial charge in [-0.05, 0) is 27.2 Å². The maximum Gasteiger partial charge on any atom is 0.186 e. The van der Waals surface area contributed by atoms with E-state index in [9.17, 15) is 0 Å². The fraction of sp³-hybridized carbons (Fsp3) is 1.00. The van der Waals surface area contributed by atoms with Gasteiger partial charge >= 0.3 is 0 Å². The molecule has 0 aliphatic rings. The van der Waals surface area contributed by atoms with Crippen LogP contribution in [0, 0.1) is 0 Å². The average Bonchev–Trinajstić information content (AvgIpc) is 1.89. The van der Waals surface area contributed by atoms with E-state index in [0.717, 1.165) is 19.4 Å². The molecule has 0 aromatic carbocycles. The van der Waals surface area contributed by atoms with Crippen molar-refractivity contribution >= 4 is 27.8 Å². The van der Waals surface area contributed by atoms with Gasteiger partial charge in [0.1, 0.15) is 19.4 Å². The zero-order valence-corrected chi connectivity index (χ0v) is 11.4. The van der Waals surface area contributed by atoms with Gasteiger partial charge in [-0.25, -0.2) is 0 Å². The Morgan fingerprint density at radius 3 is 1.45 bits per heavy atom. The highest BCUT2D eigenvalue weighted by molar-refractivity contribution is 6.84. The summed E-state index contributed by atoms with van der Waals surface area (Å²) >= 11 is 0. The molecule has 0 spiro atoms. The van der Waals surface area contributed by atoms with Crippen molar-refractivity contribution in [1.29, 1.82) is 0 Å². The minimum absolute atomic E-state index is 0.959. The number of hydrogen-bond donors (Lipinski definition) is 0. The van der Waals surface area contributed by atoms with Crippen molar-refractivity contribution in [3.8, 4) is 0 Å². The Labute approximate surface area is 76.9 Å².